The Balaban J connectivity index is 1.67. The first kappa shape index (κ1) is 24.1. The first-order valence-electron chi connectivity index (χ1n) is 10.9. The van der Waals surface area contributed by atoms with E-state index in [9.17, 15) is 19.6 Å². The molecule has 0 saturated heterocycles. The number of carbonyl (C=O) groups is 2. The van der Waals surface area contributed by atoms with Crippen molar-refractivity contribution in [2.24, 2.45) is 0 Å². The standard InChI is InChI=1S/C26H22N6O4/c1-26(2,3)32-22-20(24(34)29-14-28-22)21(31-32)17-5-4-6-19(12-17)30-23(33)18(13-27)11-15-7-9-16(10-8-15)25(35)36/h4-12,14H,1-3H3,(H,30,33)(H,35,36)(H,28,29,34)/b18-11+. The van der Waals surface area contributed by atoms with E-state index in [0.29, 0.717) is 33.5 Å². The van der Waals surface area contributed by atoms with Crippen molar-refractivity contribution >= 4 is 34.7 Å². The van der Waals surface area contributed by atoms with Crippen molar-refractivity contribution in [1.29, 1.82) is 5.26 Å². The van der Waals surface area contributed by atoms with Crippen LogP contribution in [0.25, 0.3) is 28.4 Å². The van der Waals surface area contributed by atoms with Crippen LogP contribution < -0.4 is 10.9 Å². The van der Waals surface area contributed by atoms with Gasteiger partial charge in [-0.25, -0.2) is 14.5 Å². The molecule has 0 spiro atoms. The molecule has 0 fully saturated rings. The second-order valence-corrected chi connectivity index (χ2v) is 8.99. The van der Waals surface area contributed by atoms with Crippen LogP contribution >= 0.6 is 0 Å². The maximum atomic E-state index is 12.8. The smallest absolute Gasteiger partial charge is 0.335 e. The largest absolute Gasteiger partial charge is 0.478 e. The molecule has 36 heavy (non-hydrogen) atoms. The highest BCUT2D eigenvalue weighted by atomic mass is 16.4. The van der Waals surface area contributed by atoms with Gasteiger partial charge in [-0.15, -0.1) is 0 Å². The molecule has 0 aliphatic heterocycles. The summed E-state index contributed by atoms with van der Waals surface area (Å²) in [4.78, 5) is 43.3. The molecule has 0 aliphatic carbocycles. The molecule has 3 N–H and O–H groups in total. The third-order valence-corrected chi connectivity index (χ3v) is 5.33. The number of fused-ring (bicyclic) bond motifs is 1. The maximum Gasteiger partial charge on any atom is 0.335 e. The van der Waals surface area contributed by atoms with Crippen molar-refractivity contribution in [3.63, 3.8) is 0 Å². The van der Waals surface area contributed by atoms with Gasteiger partial charge < -0.3 is 15.4 Å². The highest BCUT2D eigenvalue weighted by Gasteiger charge is 2.24. The zero-order chi connectivity index (χ0) is 26.0. The molecule has 10 heteroatoms. The second-order valence-electron chi connectivity index (χ2n) is 8.99. The lowest BCUT2D eigenvalue weighted by atomic mass is 10.1. The highest BCUT2D eigenvalue weighted by molar-refractivity contribution is 6.10. The molecule has 4 aromatic rings. The van der Waals surface area contributed by atoms with Crippen molar-refractivity contribution in [2.45, 2.75) is 26.3 Å². The minimum atomic E-state index is -1.07. The maximum absolute atomic E-state index is 12.8. The third kappa shape index (κ3) is 4.76. The SMILES string of the molecule is CC(C)(C)n1nc(-c2cccc(NC(=O)/C(C#N)=C/c3ccc(C(=O)O)cc3)c2)c2c(=O)[nH]cnc21. The quantitative estimate of drug-likeness (QED) is 0.289. The number of hydrogen-bond donors (Lipinski definition) is 3. The molecule has 0 unspecified atom stereocenters. The lowest BCUT2D eigenvalue weighted by molar-refractivity contribution is -0.112. The van der Waals surface area contributed by atoms with Crippen LogP contribution in [-0.2, 0) is 10.3 Å². The highest BCUT2D eigenvalue weighted by Crippen LogP contribution is 2.29. The average Bonchev–Trinajstić information content (AvgIpc) is 3.25. The van der Waals surface area contributed by atoms with Crippen molar-refractivity contribution in [3.8, 4) is 17.3 Å². The van der Waals surface area contributed by atoms with Gasteiger partial charge in [0.1, 0.15) is 22.7 Å². The number of nitrogens with one attached hydrogen (secondary N) is 2. The van der Waals surface area contributed by atoms with Gasteiger partial charge in [0.15, 0.2) is 5.65 Å². The molecule has 0 aliphatic rings. The van der Waals surface area contributed by atoms with Gasteiger partial charge in [0.2, 0.25) is 0 Å². The fraction of sp³-hybridized carbons (Fsp3) is 0.154. The molecule has 10 nitrogen and oxygen atoms in total. The zero-order valence-electron chi connectivity index (χ0n) is 19.7. The summed E-state index contributed by atoms with van der Waals surface area (Å²) in [5.74, 6) is -1.71. The van der Waals surface area contributed by atoms with Crippen LogP contribution in [-0.4, -0.2) is 36.7 Å². The summed E-state index contributed by atoms with van der Waals surface area (Å²) in [6.07, 6.45) is 2.70. The number of amides is 1. The van der Waals surface area contributed by atoms with Crippen molar-refractivity contribution in [2.75, 3.05) is 5.32 Å². The monoisotopic (exact) mass is 482 g/mol. The molecule has 0 radical (unpaired) electrons. The van der Waals surface area contributed by atoms with Crippen LogP contribution in [0.3, 0.4) is 0 Å². The molecule has 2 aromatic carbocycles. The Hall–Kier alpha value is -5.04. The van der Waals surface area contributed by atoms with Gasteiger partial charge in [-0.05, 0) is 56.7 Å². The predicted molar refractivity (Wildman–Crippen MR) is 134 cm³/mol. The van der Waals surface area contributed by atoms with Crippen molar-refractivity contribution in [1.82, 2.24) is 19.7 Å². The number of benzene rings is 2. The second kappa shape index (κ2) is 9.31. The number of aromatic nitrogens is 4. The van der Waals surface area contributed by atoms with E-state index in [1.165, 1.54) is 36.7 Å². The van der Waals surface area contributed by atoms with E-state index < -0.39 is 17.4 Å². The van der Waals surface area contributed by atoms with Gasteiger partial charge in [-0.3, -0.25) is 9.59 Å². The number of nitrogens with zero attached hydrogens (tertiary/aromatic N) is 4. The average molecular weight is 483 g/mol. The van der Waals surface area contributed by atoms with Gasteiger partial charge in [0.05, 0.1) is 17.4 Å². The van der Waals surface area contributed by atoms with Crippen LogP contribution in [0.4, 0.5) is 5.69 Å². The Kier molecular flexibility index (Phi) is 6.23. The molecule has 1 amide bonds. The summed E-state index contributed by atoms with van der Waals surface area (Å²) in [6.45, 7) is 5.86. The van der Waals surface area contributed by atoms with Gasteiger partial charge in [0.25, 0.3) is 11.5 Å². The minimum Gasteiger partial charge on any atom is -0.478 e. The fourth-order valence-corrected chi connectivity index (χ4v) is 3.61. The number of aromatic amines is 1. The van der Waals surface area contributed by atoms with E-state index in [4.69, 9.17) is 5.11 Å². The van der Waals surface area contributed by atoms with Crippen LogP contribution in [0.15, 0.2) is 65.2 Å². The summed E-state index contributed by atoms with van der Waals surface area (Å²) in [6, 6.07) is 14.5. The number of carboxylic acid groups (broad SMARTS) is 1. The van der Waals surface area contributed by atoms with E-state index in [1.807, 2.05) is 26.8 Å². The summed E-state index contributed by atoms with van der Waals surface area (Å²) in [7, 11) is 0. The van der Waals surface area contributed by atoms with Crippen LogP contribution in [0, 0.1) is 11.3 Å². The molecule has 4 rings (SSSR count). The fourth-order valence-electron chi connectivity index (χ4n) is 3.61. The molecule has 2 aromatic heterocycles. The third-order valence-electron chi connectivity index (χ3n) is 5.33. The number of anilines is 1. The van der Waals surface area contributed by atoms with Crippen LogP contribution in [0.2, 0.25) is 0 Å². The molecule has 0 bridgehead atoms. The normalized spacial score (nSPS) is 11.8. The van der Waals surface area contributed by atoms with Gasteiger partial charge in [0, 0.05) is 11.3 Å². The number of hydrogen-bond acceptors (Lipinski definition) is 6. The molecule has 0 atom stereocenters. The van der Waals surface area contributed by atoms with Crippen LogP contribution in [0.1, 0.15) is 36.7 Å². The minimum absolute atomic E-state index is 0.0994. The van der Waals surface area contributed by atoms with E-state index in [1.54, 1.807) is 28.9 Å². The zero-order valence-corrected chi connectivity index (χ0v) is 19.7. The Morgan fingerprint density at radius 1 is 1.17 bits per heavy atom. The molecular formula is C26H22N6O4. The van der Waals surface area contributed by atoms with Gasteiger partial charge in [-0.1, -0.05) is 24.3 Å². The Morgan fingerprint density at radius 2 is 1.89 bits per heavy atom. The number of nitriles is 1. The summed E-state index contributed by atoms with van der Waals surface area (Å²) in [5.41, 5.74) is 1.53. The van der Waals surface area contributed by atoms with E-state index >= 15 is 0 Å². The lowest BCUT2D eigenvalue weighted by Crippen LogP contribution is -2.23. The lowest BCUT2D eigenvalue weighted by Gasteiger charge is -2.19. The molecule has 0 saturated carbocycles. The first-order chi connectivity index (χ1) is 17.1. The van der Waals surface area contributed by atoms with Gasteiger partial charge in [-0.2, -0.15) is 10.4 Å². The first-order valence-corrected chi connectivity index (χ1v) is 10.9. The van der Waals surface area contributed by atoms with E-state index in [0.717, 1.165) is 0 Å². The number of carbonyl (C=O) groups excluding carboxylic acids is 1. The summed E-state index contributed by atoms with van der Waals surface area (Å²) in [5, 5.41) is 26.2. The topological polar surface area (TPSA) is 154 Å². The predicted octanol–water partition coefficient (Wildman–Crippen LogP) is 3.79. The number of aromatic carboxylic acids is 1. The number of rotatable bonds is 5. The van der Waals surface area contributed by atoms with Crippen molar-refractivity contribution in [3.05, 3.63) is 81.9 Å². The van der Waals surface area contributed by atoms with Crippen molar-refractivity contribution < 1.29 is 14.7 Å². The van der Waals surface area contributed by atoms with Gasteiger partial charge >= 0.3 is 5.97 Å². The van der Waals surface area contributed by atoms with E-state index in [-0.39, 0.29) is 16.7 Å². The number of H-pyrrole nitrogens is 1. The molecular weight excluding hydrogens is 460 g/mol. The van der Waals surface area contributed by atoms with E-state index in [2.05, 4.69) is 20.4 Å². The molecule has 180 valence electrons. The summed E-state index contributed by atoms with van der Waals surface area (Å²) >= 11 is 0. The number of carboxylic acids is 1. The Labute approximate surface area is 205 Å². The Bertz CT molecular complexity index is 1620. The molecule has 2 heterocycles. The summed E-state index contributed by atoms with van der Waals surface area (Å²) < 4.78 is 1.68. The van der Waals surface area contributed by atoms with Crippen LogP contribution in [0.5, 0.6) is 0 Å². The Morgan fingerprint density at radius 3 is 2.53 bits per heavy atom.